The van der Waals surface area contributed by atoms with Crippen LogP contribution in [-0.4, -0.2) is 4.98 Å². The van der Waals surface area contributed by atoms with Gasteiger partial charge in [-0.3, -0.25) is 0 Å². The zero-order valence-corrected chi connectivity index (χ0v) is 9.60. The molecule has 0 amide bonds. The van der Waals surface area contributed by atoms with Gasteiger partial charge in [-0.1, -0.05) is 24.3 Å². The molecule has 0 aliphatic carbocycles. The highest BCUT2D eigenvalue weighted by Crippen LogP contribution is 2.16. The lowest BCUT2D eigenvalue weighted by Gasteiger charge is -2.15. The fourth-order valence-electron chi connectivity index (χ4n) is 1.77. The van der Waals surface area contributed by atoms with Crippen molar-refractivity contribution in [3.63, 3.8) is 0 Å². The van der Waals surface area contributed by atoms with Gasteiger partial charge in [0.15, 0.2) is 6.39 Å². The van der Waals surface area contributed by atoms with Gasteiger partial charge < -0.3 is 9.73 Å². The Morgan fingerprint density at radius 1 is 1.38 bits per heavy atom. The van der Waals surface area contributed by atoms with E-state index in [-0.39, 0.29) is 0 Å². The topological polar surface area (TPSA) is 38.1 Å². The van der Waals surface area contributed by atoms with Gasteiger partial charge in [0.1, 0.15) is 5.76 Å². The maximum atomic E-state index is 5.18. The molecular weight excluding hydrogens is 200 g/mol. The lowest BCUT2D eigenvalue weighted by molar-refractivity contribution is 0.457. The number of benzene rings is 1. The number of hydrogen-bond donors (Lipinski definition) is 1. The highest BCUT2D eigenvalue weighted by molar-refractivity contribution is 5.28. The predicted octanol–water partition coefficient (Wildman–Crippen LogP) is 2.83. The van der Waals surface area contributed by atoms with Crippen molar-refractivity contribution < 1.29 is 4.42 Å². The molecule has 0 aliphatic heterocycles. The van der Waals surface area contributed by atoms with Gasteiger partial charge in [0.25, 0.3) is 0 Å². The van der Waals surface area contributed by atoms with E-state index in [1.54, 1.807) is 6.20 Å². The summed E-state index contributed by atoms with van der Waals surface area (Å²) in [4.78, 5) is 3.88. The molecule has 0 radical (unpaired) electrons. The Kier molecular flexibility index (Phi) is 3.37. The molecule has 3 nitrogen and oxygen atoms in total. The van der Waals surface area contributed by atoms with E-state index in [0.29, 0.717) is 12.6 Å². The average Bonchev–Trinajstić information content (AvgIpc) is 2.79. The van der Waals surface area contributed by atoms with Crippen LogP contribution >= 0.6 is 0 Å². The molecule has 0 unspecified atom stereocenters. The van der Waals surface area contributed by atoms with Crippen LogP contribution in [0.1, 0.15) is 29.9 Å². The van der Waals surface area contributed by atoms with Crippen LogP contribution in [0.15, 0.2) is 41.3 Å². The van der Waals surface area contributed by atoms with Gasteiger partial charge in [0.05, 0.1) is 12.7 Å². The summed E-state index contributed by atoms with van der Waals surface area (Å²) < 4.78 is 5.18. The number of nitrogens with zero attached hydrogens (tertiary/aromatic N) is 1. The Balaban J connectivity index is 1.98. The third-order valence-electron chi connectivity index (χ3n) is 2.72. The molecule has 3 heteroatoms. The minimum Gasteiger partial charge on any atom is -0.447 e. The smallest absolute Gasteiger partial charge is 0.180 e. The van der Waals surface area contributed by atoms with Crippen molar-refractivity contribution in [3.8, 4) is 0 Å². The molecule has 1 heterocycles. The van der Waals surface area contributed by atoms with E-state index in [4.69, 9.17) is 4.42 Å². The average molecular weight is 216 g/mol. The fraction of sp³-hybridized carbons (Fsp3) is 0.308. The summed E-state index contributed by atoms with van der Waals surface area (Å²) in [6, 6.07) is 8.71. The maximum absolute atomic E-state index is 5.18. The molecule has 84 valence electrons. The molecule has 16 heavy (non-hydrogen) atoms. The summed E-state index contributed by atoms with van der Waals surface area (Å²) in [7, 11) is 0. The highest BCUT2D eigenvalue weighted by atomic mass is 16.3. The van der Waals surface area contributed by atoms with Crippen molar-refractivity contribution in [1.82, 2.24) is 10.3 Å². The van der Waals surface area contributed by atoms with Crippen molar-refractivity contribution in [1.29, 1.82) is 0 Å². The van der Waals surface area contributed by atoms with Crippen molar-refractivity contribution >= 4 is 0 Å². The second-order valence-electron chi connectivity index (χ2n) is 3.93. The molecule has 1 aromatic heterocycles. The first kappa shape index (κ1) is 10.9. The van der Waals surface area contributed by atoms with Gasteiger partial charge in [-0.15, -0.1) is 0 Å². The van der Waals surface area contributed by atoms with Crippen LogP contribution < -0.4 is 5.32 Å². The lowest BCUT2D eigenvalue weighted by atomic mass is 10.0. The molecule has 0 fully saturated rings. The summed E-state index contributed by atoms with van der Waals surface area (Å²) in [6.07, 6.45) is 3.19. The second-order valence-corrected chi connectivity index (χ2v) is 3.93. The molecule has 1 atom stereocenters. The second kappa shape index (κ2) is 4.94. The normalized spacial score (nSPS) is 12.6. The molecule has 0 bridgehead atoms. The van der Waals surface area contributed by atoms with E-state index in [1.165, 1.54) is 17.5 Å². The van der Waals surface area contributed by atoms with Gasteiger partial charge in [-0.05, 0) is 25.0 Å². The number of aromatic nitrogens is 1. The Bertz CT molecular complexity index is 437. The monoisotopic (exact) mass is 216 g/mol. The largest absolute Gasteiger partial charge is 0.447 e. The van der Waals surface area contributed by atoms with Gasteiger partial charge in [-0.25, -0.2) is 4.98 Å². The molecular formula is C13H16N2O. The van der Waals surface area contributed by atoms with E-state index in [0.717, 1.165) is 5.76 Å². The van der Waals surface area contributed by atoms with Crippen molar-refractivity contribution in [2.75, 3.05) is 0 Å². The van der Waals surface area contributed by atoms with Crippen molar-refractivity contribution in [2.24, 2.45) is 0 Å². The molecule has 0 saturated heterocycles. The molecule has 2 aromatic rings. The molecule has 1 N–H and O–H groups in total. The molecule has 0 aliphatic rings. The Morgan fingerprint density at radius 2 is 2.19 bits per heavy atom. The van der Waals surface area contributed by atoms with E-state index in [9.17, 15) is 0 Å². The Labute approximate surface area is 95.5 Å². The number of oxazole rings is 1. The predicted molar refractivity (Wildman–Crippen MR) is 62.9 cm³/mol. The summed E-state index contributed by atoms with van der Waals surface area (Å²) in [5.74, 6) is 0.862. The van der Waals surface area contributed by atoms with Crippen LogP contribution in [0.25, 0.3) is 0 Å². The van der Waals surface area contributed by atoms with Gasteiger partial charge in [0.2, 0.25) is 0 Å². The number of nitrogens with one attached hydrogen (secondary N) is 1. The van der Waals surface area contributed by atoms with E-state index < -0.39 is 0 Å². The quantitative estimate of drug-likeness (QED) is 0.854. The first-order valence-electron chi connectivity index (χ1n) is 5.43. The van der Waals surface area contributed by atoms with Crippen molar-refractivity contribution in [2.45, 2.75) is 26.4 Å². The Morgan fingerprint density at radius 3 is 2.88 bits per heavy atom. The van der Waals surface area contributed by atoms with Crippen LogP contribution in [0, 0.1) is 6.92 Å². The van der Waals surface area contributed by atoms with E-state index >= 15 is 0 Å². The maximum Gasteiger partial charge on any atom is 0.180 e. The standard InChI is InChI=1S/C13H16N2O/c1-10-5-3-4-6-13(10)11(2)15-8-12-7-14-9-16-12/h3-7,9,11,15H,8H2,1-2H3/t11-/m0/s1. The highest BCUT2D eigenvalue weighted by Gasteiger charge is 2.07. The minimum atomic E-state index is 0.311. The van der Waals surface area contributed by atoms with Crippen LogP contribution in [0.3, 0.4) is 0 Å². The molecule has 0 spiro atoms. The zero-order valence-electron chi connectivity index (χ0n) is 9.60. The fourth-order valence-corrected chi connectivity index (χ4v) is 1.77. The SMILES string of the molecule is Cc1ccccc1[C@H](C)NCc1cnco1. The van der Waals surface area contributed by atoms with Gasteiger partial charge in [0, 0.05) is 6.04 Å². The first-order valence-corrected chi connectivity index (χ1v) is 5.43. The number of aryl methyl sites for hydroxylation is 1. The summed E-state index contributed by atoms with van der Waals surface area (Å²) in [5, 5.41) is 3.41. The number of hydrogen-bond acceptors (Lipinski definition) is 3. The summed E-state index contributed by atoms with van der Waals surface area (Å²) in [5.41, 5.74) is 2.63. The van der Waals surface area contributed by atoms with Crippen LogP contribution in [-0.2, 0) is 6.54 Å². The summed E-state index contributed by atoms with van der Waals surface area (Å²) in [6.45, 7) is 4.98. The lowest BCUT2D eigenvalue weighted by Crippen LogP contribution is -2.18. The third kappa shape index (κ3) is 2.49. The molecule has 1 aromatic carbocycles. The van der Waals surface area contributed by atoms with Gasteiger partial charge in [-0.2, -0.15) is 0 Å². The summed E-state index contributed by atoms with van der Waals surface area (Å²) >= 11 is 0. The Hall–Kier alpha value is -1.61. The van der Waals surface area contributed by atoms with Crippen LogP contribution in [0.5, 0.6) is 0 Å². The first-order chi connectivity index (χ1) is 7.77. The third-order valence-corrected chi connectivity index (χ3v) is 2.72. The molecule has 2 rings (SSSR count). The van der Waals surface area contributed by atoms with Gasteiger partial charge >= 0.3 is 0 Å². The van der Waals surface area contributed by atoms with E-state index in [2.05, 4.69) is 48.4 Å². The van der Waals surface area contributed by atoms with Crippen LogP contribution in [0.4, 0.5) is 0 Å². The van der Waals surface area contributed by atoms with Crippen molar-refractivity contribution in [3.05, 3.63) is 53.7 Å². The molecule has 0 saturated carbocycles. The van der Waals surface area contributed by atoms with E-state index in [1.807, 2.05) is 0 Å². The number of rotatable bonds is 4. The van der Waals surface area contributed by atoms with Crippen LogP contribution in [0.2, 0.25) is 0 Å². The minimum absolute atomic E-state index is 0.311. The zero-order chi connectivity index (χ0) is 11.4.